The van der Waals surface area contributed by atoms with Gasteiger partial charge < -0.3 is 19.7 Å². The number of benzene rings is 1. The Bertz CT molecular complexity index is 790. The van der Waals surface area contributed by atoms with Gasteiger partial charge in [0.15, 0.2) is 11.5 Å². The molecule has 26 heavy (non-hydrogen) atoms. The average molecular weight is 379 g/mol. The van der Waals surface area contributed by atoms with Gasteiger partial charge in [-0.15, -0.1) is 0 Å². The lowest BCUT2D eigenvalue weighted by Crippen LogP contribution is -2.40. The van der Waals surface area contributed by atoms with E-state index >= 15 is 0 Å². The van der Waals surface area contributed by atoms with Crippen molar-refractivity contribution < 1.29 is 19.2 Å². The summed E-state index contributed by atoms with van der Waals surface area (Å²) < 4.78 is 11.1. The van der Waals surface area contributed by atoms with Gasteiger partial charge in [0.2, 0.25) is 0 Å². The Kier molecular flexibility index (Phi) is 5.84. The molecule has 0 aliphatic heterocycles. The van der Waals surface area contributed by atoms with Crippen LogP contribution in [0.4, 0.5) is 0 Å². The minimum absolute atomic E-state index is 0.0414. The maximum atomic E-state index is 12.6. The molecule has 1 saturated carbocycles. The summed E-state index contributed by atoms with van der Waals surface area (Å²) >= 11 is 6.04. The van der Waals surface area contributed by atoms with Crippen LogP contribution < -0.4 is 10.1 Å². The van der Waals surface area contributed by atoms with Crippen LogP contribution in [0.25, 0.3) is 11.3 Å². The first-order valence-electron chi connectivity index (χ1n) is 8.87. The second kappa shape index (κ2) is 8.10. The number of hydrogen-bond donors (Lipinski definition) is 2. The molecule has 1 amide bonds. The predicted octanol–water partition coefficient (Wildman–Crippen LogP) is 3.74. The number of amides is 1. The maximum absolute atomic E-state index is 12.6. The van der Waals surface area contributed by atoms with Crippen molar-refractivity contribution in [3.05, 3.63) is 34.5 Å². The van der Waals surface area contributed by atoms with Crippen LogP contribution in [-0.2, 0) is 0 Å². The van der Waals surface area contributed by atoms with Crippen LogP contribution >= 0.6 is 11.6 Å². The average Bonchev–Trinajstić information content (AvgIpc) is 2.97. The van der Waals surface area contributed by atoms with Crippen LogP contribution in [0.3, 0.4) is 0 Å². The maximum Gasteiger partial charge on any atom is 0.273 e. The van der Waals surface area contributed by atoms with Gasteiger partial charge in [0.25, 0.3) is 5.91 Å². The van der Waals surface area contributed by atoms with Gasteiger partial charge in [-0.25, -0.2) is 0 Å². The molecule has 6 nitrogen and oxygen atoms in total. The molecule has 1 aromatic heterocycles. The fourth-order valence-corrected chi connectivity index (χ4v) is 3.47. The number of rotatable bonds is 5. The number of nitrogens with one attached hydrogen (secondary N) is 1. The van der Waals surface area contributed by atoms with E-state index < -0.39 is 0 Å². The first kappa shape index (κ1) is 18.7. The topological polar surface area (TPSA) is 84.6 Å². The number of carbonyl (C=O) groups excluding carboxylic acids is 1. The first-order chi connectivity index (χ1) is 12.5. The van der Waals surface area contributed by atoms with Gasteiger partial charge in [-0.2, -0.15) is 0 Å². The van der Waals surface area contributed by atoms with Crippen molar-refractivity contribution in [1.29, 1.82) is 0 Å². The molecule has 0 bridgehead atoms. The number of halogens is 1. The molecule has 140 valence electrons. The zero-order chi connectivity index (χ0) is 18.7. The molecule has 1 aliphatic rings. The van der Waals surface area contributed by atoms with Gasteiger partial charge in [0.1, 0.15) is 5.75 Å². The van der Waals surface area contributed by atoms with Crippen molar-refractivity contribution in [2.45, 2.75) is 51.7 Å². The van der Waals surface area contributed by atoms with Crippen LogP contribution in [0.15, 0.2) is 22.7 Å². The van der Waals surface area contributed by atoms with E-state index in [4.69, 9.17) is 20.9 Å². The molecule has 2 N–H and O–H groups in total. The smallest absolute Gasteiger partial charge is 0.273 e. The number of hydrogen-bond acceptors (Lipinski definition) is 5. The fraction of sp³-hybridized carbons (Fsp3) is 0.474. The third-order valence-corrected chi connectivity index (χ3v) is 4.84. The summed E-state index contributed by atoms with van der Waals surface area (Å²) in [6, 6.07) is 5.20. The van der Waals surface area contributed by atoms with Crippen LogP contribution in [0, 0.1) is 6.92 Å². The summed E-state index contributed by atoms with van der Waals surface area (Å²) in [4.78, 5) is 12.6. The van der Waals surface area contributed by atoms with Crippen molar-refractivity contribution in [3.8, 4) is 17.1 Å². The Hall–Kier alpha value is -2.05. The second-order valence-electron chi connectivity index (χ2n) is 6.55. The highest BCUT2D eigenvalue weighted by Gasteiger charge is 2.26. The molecule has 0 unspecified atom stereocenters. The zero-order valence-corrected chi connectivity index (χ0v) is 15.7. The van der Waals surface area contributed by atoms with Gasteiger partial charge in [-0.3, -0.25) is 4.79 Å². The molecule has 1 aromatic carbocycles. The van der Waals surface area contributed by atoms with E-state index in [0.29, 0.717) is 40.7 Å². The lowest BCUT2D eigenvalue weighted by Gasteiger charge is -2.26. The fourth-order valence-electron chi connectivity index (χ4n) is 3.31. The molecule has 2 atom stereocenters. The molecule has 0 saturated heterocycles. The number of aromatic nitrogens is 1. The molecule has 0 radical (unpaired) electrons. The summed E-state index contributed by atoms with van der Waals surface area (Å²) in [5.41, 5.74) is 1.59. The number of nitrogens with zero attached hydrogens (tertiary/aromatic N) is 1. The first-order valence-corrected chi connectivity index (χ1v) is 9.25. The van der Waals surface area contributed by atoms with E-state index in [1.807, 2.05) is 6.92 Å². The Morgan fingerprint density at radius 1 is 1.46 bits per heavy atom. The Morgan fingerprint density at radius 2 is 2.27 bits per heavy atom. The highest BCUT2D eigenvalue weighted by molar-refractivity contribution is 6.30. The van der Waals surface area contributed by atoms with E-state index in [0.717, 1.165) is 19.3 Å². The third-order valence-electron chi connectivity index (χ3n) is 4.61. The highest BCUT2D eigenvalue weighted by atomic mass is 35.5. The van der Waals surface area contributed by atoms with Gasteiger partial charge in [-0.05, 0) is 57.7 Å². The molecule has 2 aromatic rings. The van der Waals surface area contributed by atoms with Crippen LogP contribution in [0.2, 0.25) is 5.02 Å². The van der Waals surface area contributed by atoms with E-state index in [1.165, 1.54) is 0 Å². The molecular formula is C19H23ClN2O4. The van der Waals surface area contributed by atoms with E-state index in [-0.39, 0.29) is 23.7 Å². The number of carbonyl (C=O) groups is 1. The van der Waals surface area contributed by atoms with Crippen molar-refractivity contribution in [3.63, 3.8) is 0 Å². The summed E-state index contributed by atoms with van der Waals surface area (Å²) in [5, 5.41) is 17.2. The Balaban J connectivity index is 1.83. The van der Waals surface area contributed by atoms with E-state index in [1.54, 1.807) is 25.1 Å². The van der Waals surface area contributed by atoms with Crippen LogP contribution in [0.1, 0.15) is 48.7 Å². The summed E-state index contributed by atoms with van der Waals surface area (Å²) in [6.45, 7) is 4.16. The number of aliphatic hydroxyl groups is 1. The lowest BCUT2D eigenvalue weighted by atomic mass is 9.93. The minimum atomic E-state index is -0.356. The predicted molar refractivity (Wildman–Crippen MR) is 98.6 cm³/mol. The molecule has 3 rings (SSSR count). The summed E-state index contributed by atoms with van der Waals surface area (Å²) in [5.74, 6) is 0.782. The minimum Gasteiger partial charge on any atom is -0.493 e. The van der Waals surface area contributed by atoms with Gasteiger partial charge in [0.05, 0.1) is 18.3 Å². The molecule has 0 spiro atoms. The molecule has 1 fully saturated rings. The van der Waals surface area contributed by atoms with Crippen molar-refractivity contribution in [2.75, 3.05) is 6.61 Å². The normalized spacial score (nSPS) is 20.0. The monoisotopic (exact) mass is 378 g/mol. The lowest BCUT2D eigenvalue weighted by molar-refractivity contribution is 0.0841. The van der Waals surface area contributed by atoms with Gasteiger partial charge >= 0.3 is 0 Å². The van der Waals surface area contributed by atoms with Crippen LogP contribution in [0.5, 0.6) is 5.75 Å². The van der Waals surface area contributed by atoms with E-state index in [9.17, 15) is 9.90 Å². The SMILES string of the molecule is CCOc1cc(Cl)ccc1-c1onc(C(=O)N[C@@H]2CCC[C@H](O)C2)c1C. The summed E-state index contributed by atoms with van der Waals surface area (Å²) in [7, 11) is 0. The summed E-state index contributed by atoms with van der Waals surface area (Å²) in [6.07, 6.45) is 2.76. The zero-order valence-electron chi connectivity index (χ0n) is 14.9. The van der Waals surface area contributed by atoms with Crippen LogP contribution in [-0.4, -0.2) is 34.9 Å². The van der Waals surface area contributed by atoms with Gasteiger partial charge in [0, 0.05) is 16.6 Å². The van der Waals surface area contributed by atoms with Crippen molar-refractivity contribution >= 4 is 17.5 Å². The molecule has 1 aliphatic carbocycles. The standard InChI is InChI=1S/C19H23ClN2O4/c1-3-25-16-9-12(20)7-8-15(16)18-11(2)17(22-26-18)19(24)21-13-5-4-6-14(23)10-13/h7-9,13-14,23H,3-6,10H2,1-2H3,(H,21,24)/t13-,14+/m1/s1. The quantitative estimate of drug-likeness (QED) is 0.827. The second-order valence-corrected chi connectivity index (χ2v) is 6.99. The van der Waals surface area contributed by atoms with Gasteiger partial charge in [-0.1, -0.05) is 16.8 Å². The molecule has 1 heterocycles. The largest absolute Gasteiger partial charge is 0.493 e. The number of aliphatic hydroxyl groups excluding tert-OH is 1. The van der Waals surface area contributed by atoms with E-state index in [2.05, 4.69) is 10.5 Å². The Labute approximate surface area is 157 Å². The van der Waals surface area contributed by atoms with Crippen molar-refractivity contribution in [2.24, 2.45) is 0 Å². The highest BCUT2D eigenvalue weighted by Crippen LogP contribution is 2.35. The third kappa shape index (κ3) is 4.02. The molecule has 7 heteroatoms. The molecular weight excluding hydrogens is 356 g/mol. The number of ether oxygens (including phenoxy) is 1. The van der Waals surface area contributed by atoms with Crippen molar-refractivity contribution in [1.82, 2.24) is 10.5 Å². The Morgan fingerprint density at radius 3 is 3.00 bits per heavy atom.